The molecule has 22 heavy (non-hydrogen) atoms. The minimum atomic E-state index is -0.744. The van der Waals surface area contributed by atoms with Crippen molar-refractivity contribution < 1.29 is 19.1 Å². The molecule has 8 nitrogen and oxygen atoms in total. The first-order valence-electron chi connectivity index (χ1n) is 7.38. The molecule has 0 heterocycles. The van der Waals surface area contributed by atoms with Gasteiger partial charge in [0.25, 0.3) is 0 Å². The molecule has 1 amide bonds. The van der Waals surface area contributed by atoms with E-state index in [9.17, 15) is 9.59 Å². The number of carbonyl (C=O) groups excluding carboxylic acids is 2. The molecule has 1 saturated carbocycles. The molecule has 1 atom stereocenters. The minimum Gasteiger partial charge on any atom is -0.467 e. The lowest BCUT2D eigenvalue weighted by Crippen LogP contribution is -2.49. The molecule has 0 aromatic heterocycles. The van der Waals surface area contributed by atoms with Crippen LogP contribution in [0.5, 0.6) is 0 Å². The quantitative estimate of drug-likeness (QED) is 0.372. The molecule has 124 valence electrons. The number of azide groups is 1. The number of ether oxygens (including phenoxy) is 2. The predicted molar refractivity (Wildman–Crippen MR) is 80.1 cm³/mol. The highest BCUT2D eigenvalue weighted by atomic mass is 16.6. The van der Waals surface area contributed by atoms with Crippen molar-refractivity contribution in [2.45, 2.75) is 64.1 Å². The number of amides is 1. The Morgan fingerprint density at radius 1 is 1.27 bits per heavy atom. The number of hydrogen-bond acceptors (Lipinski definition) is 5. The van der Waals surface area contributed by atoms with Gasteiger partial charge in [-0.1, -0.05) is 5.11 Å². The maximum atomic E-state index is 11.9. The van der Waals surface area contributed by atoms with E-state index in [1.54, 1.807) is 20.8 Å². The Hall–Kier alpha value is -1.95. The van der Waals surface area contributed by atoms with E-state index in [0.717, 1.165) is 0 Å². The Bertz CT molecular complexity index is 446. The highest BCUT2D eigenvalue weighted by Gasteiger charge is 2.34. The molecule has 1 N–H and O–H groups in total. The zero-order valence-corrected chi connectivity index (χ0v) is 13.5. The first-order valence-corrected chi connectivity index (χ1v) is 7.38. The molecule has 0 bridgehead atoms. The van der Waals surface area contributed by atoms with Crippen molar-refractivity contribution in [2.75, 3.05) is 7.11 Å². The Labute approximate surface area is 130 Å². The van der Waals surface area contributed by atoms with Gasteiger partial charge in [0.1, 0.15) is 11.6 Å². The molecule has 0 radical (unpaired) electrons. The predicted octanol–water partition coefficient (Wildman–Crippen LogP) is 2.92. The van der Waals surface area contributed by atoms with E-state index >= 15 is 0 Å². The number of alkyl carbamates (subject to hydrolysis) is 1. The van der Waals surface area contributed by atoms with E-state index in [4.69, 9.17) is 15.0 Å². The van der Waals surface area contributed by atoms with Crippen molar-refractivity contribution in [3.8, 4) is 0 Å². The zero-order chi connectivity index (χ0) is 16.8. The third kappa shape index (κ3) is 5.81. The number of methoxy groups -OCH3 is 1. The van der Waals surface area contributed by atoms with E-state index in [-0.39, 0.29) is 12.0 Å². The van der Waals surface area contributed by atoms with Crippen LogP contribution in [0.15, 0.2) is 5.11 Å². The average Bonchev–Trinajstić information content (AvgIpc) is 2.43. The van der Waals surface area contributed by atoms with Crippen LogP contribution >= 0.6 is 0 Å². The van der Waals surface area contributed by atoms with Gasteiger partial charge in [-0.3, -0.25) is 0 Å². The maximum Gasteiger partial charge on any atom is 0.408 e. The van der Waals surface area contributed by atoms with Crippen LogP contribution in [0.2, 0.25) is 0 Å². The van der Waals surface area contributed by atoms with Gasteiger partial charge in [0.2, 0.25) is 0 Å². The number of hydrogen-bond donors (Lipinski definition) is 1. The molecule has 1 unspecified atom stereocenters. The molecule has 0 spiro atoms. The fourth-order valence-corrected chi connectivity index (χ4v) is 2.55. The topological polar surface area (TPSA) is 113 Å². The lowest BCUT2D eigenvalue weighted by molar-refractivity contribution is -0.145. The van der Waals surface area contributed by atoms with Crippen molar-refractivity contribution in [2.24, 2.45) is 11.0 Å². The lowest BCUT2D eigenvalue weighted by atomic mass is 9.82. The summed E-state index contributed by atoms with van der Waals surface area (Å²) in [4.78, 5) is 26.6. The summed E-state index contributed by atoms with van der Waals surface area (Å²) in [5.74, 6) is -0.539. The normalized spacial score (nSPS) is 22.9. The summed E-state index contributed by atoms with van der Waals surface area (Å²) >= 11 is 0. The third-order valence-corrected chi connectivity index (χ3v) is 3.56. The van der Waals surface area contributed by atoms with E-state index in [0.29, 0.717) is 25.7 Å². The molecule has 0 saturated heterocycles. The fourth-order valence-electron chi connectivity index (χ4n) is 2.55. The number of esters is 1. The van der Waals surface area contributed by atoms with Gasteiger partial charge in [-0.15, -0.1) is 0 Å². The highest BCUT2D eigenvalue weighted by molar-refractivity contribution is 5.81. The van der Waals surface area contributed by atoms with Crippen molar-refractivity contribution in [3.63, 3.8) is 0 Å². The maximum absolute atomic E-state index is 11.9. The van der Waals surface area contributed by atoms with Crippen molar-refractivity contribution in [1.29, 1.82) is 0 Å². The molecule has 1 aliphatic carbocycles. The Balaban J connectivity index is 2.68. The van der Waals surface area contributed by atoms with Crippen LogP contribution in [0.4, 0.5) is 4.79 Å². The first kappa shape index (κ1) is 18.1. The van der Waals surface area contributed by atoms with Gasteiger partial charge in [-0.2, -0.15) is 0 Å². The van der Waals surface area contributed by atoms with Crippen LogP contribution < -0.4 is 5.32 Å². The van der Waals surface area contributed by atoms with Gasteiger partial charge in [-0.25, -0.2) is 9.59 Å². The minimum absolute atomic E-state index is 0.0407. The second-order valence-electron chi connectivity index (χ2n) is 6.42. The Kier molecular flexibility index (Phi) is 6.49. The summed E-state index contributed by atoms with van der Waals surface area (Å²) < 4.78 is 9.97. The van der Waals surface area contributed by atoms with Gasteiger partial charge in [0.05, 0.1) is 7.11 Å². The standard InChI is InChI=1S/C14H24N4O4/c1-14(2,3)22-13(20)16-11(12(19)21-4)9-5-7-10(8-6-9)17-18-15/h9-11H,5-8H2,1-4H3,(H,16,20). The lowest BCUT2D eigenvalue weighted by Gasteiger charge is -2.31. The van der Waals surface area contributed by atoms with Crippen LogP contribution in [0.1, 0.15) is 46.5 Å². The average molecular weight is 312 g/mol. The molecule has 8 heteroatoms. The monoisotopic (exact) mass is 312 g/mol. The van der Waals surface area contributed by atoms with Crippen LogP contribution in [0.25, 0.3) is 10.4 Å². The first-order chi connectivity index (χ1) is 10.3. The Morgan fingerprint density at radius 3 is 2.32 bits per heavy atom. The second kappa shape index (κ2) is 7.89. The summed E-state index contributed by atoms with van der Waals surface area (Å²) in [5, 5.41) is 6.31. The number of nitrogens with one attached hydrogen (secondary N) is 1. The molecular formula is C14H24N4O4. The molecule has 1 rings (SSSR count). The van der Waals surface area contributed by atoms with Crippen LogP contribution in [-0.4, -0.2) is 36.9 Å². The SMILES string of the molecule is COC(=O)C(NC(=O)OC(C)(C)C)C1CCC(N=[N+]=[N-])CC1. The molecule has 1 fully saturated rings. The summed E-state index contributed by atoms with van der Waals surface area (Å²) in [7, 11) is 1.29. The number of rotatable bonds is 4. The van der Waals surface area contributed by atoms with Crippen LogP contribution in [0.3, 0.4) is 0 Å². The molecule has 0 aromatic rings. The van der Waals surface area contributed by atoms with Crippen molar-refractivity contribution in [1.82, 2.24) is 5.32 Å². The van der Waals surface area contributed by atoms with Crippen LogP contribution in [-0.2, 0) is 14.3 Å². The van der Waals surface area contributed by atoms with Gasteiger partial charge < -0.3 is 14.8 Å². The van der Waals surface area contributed by atoms with E-state index in [2.05, 4.69) is 15.3 Å². The van der Waals surface area contributed by atoms with E-state index < -0.39 is 23.7 Å². The second-order valence-corrected chi connectivity index (χ2v) is 6.42. The van der Waals surface area contributed by atoms with Crippen molar-refractivity contribution in [3.05, 3.63) is 10.4 Å². The largest absolute Gasteiger partial charge is 0.467 e. The summed E-state index contributed by atoms with van der Waals surface area (Å²) in [6.45, 7) is 5.26. The van der Waals surface area contributed by atoms with Gasteiger partial charge in [-0.05, 0) is 57.9 Å². The van der Waals surface area contributed by atoms with Crippen molar-refractivity contribution >= 4 is 12.1 Å². The third-order valence-electron chi connectivity index (χ3n) is 3.56. The Morgan fingerprint density at radius 2 is 1.86 bits per heavy atom. The highest BCUT2D eigenvalue weighted by Crippen LogP contribution is 2.29. The molecule has 0 aromatic carbocycles. The summed E-state index contributed by atoms with van der Waals surface area (Å²) in [6.07, 6.45) is 2.11. The van der Waals surface area contributed by atoms with E-state index in [1.165, 1.54) is 7.11 Å². The van der Waals surface area contributed by atoms with Gasteiger partial charge in [0.15, 0.2) is 0 Å². The smallest absolute Gasteiger partial charge is 0.408 e. The van der Waals surface area contributed by atoms with Gasteiger partial charge >= 0.3 is 12.1 Å². The fraction of sp³-hybridized carbons (Fsp3) is 0.857. The summed E-state index contributed by atoms with van der Waals surface area (Å²) in [5.41, 5.74) is 7.82. The number of carbonyl (C=O) groups is 2. The number of nitrogens with zero attached hydrogens (tertiary/aromatic N) is 3. The molecule has 1 aliphatic rings. The van der Waals surface area contributed by atoms with Crippen LogP contribution in [0, 0.1) is 5.92 Å². The van der Waals surface area contributed by atoms with Gasteiger partial charge in [0, 0.05) is 11.0 Å². The van der Waals surface area contributed by atoms with E-state index in [1.807, 2.05) is 0 Å². The summed E-state index contributed by atoms with van der Waals surface area (Å²) in [6, 6.07) is -0.784. The molecule has 0 aliphatic heterocycles. The zero-order valence-electron chi connectivity index (χ0n) is 13.5. The molecular weight excluding hydrogens is 288 g/mol.